The van der Waals surface area contributed by atoms with E-state index in [2.05, 4.69) is 15.4 Å². The fraction of sp³-hybridized carbons (Fsp3) is 0.125. The summed E-state index contributed by atoms with van der Waals surface area (Å²) < 4.78 is 28.6. The number of carboxylic acids is 1. The topological polar surface area (TPSA) is 171 Å². The summed E-state index contributed by atoms with van der Waals surface area (Å²) in [6, 6.07) is 8.82. The lowest BCUT2D eigenvalue weighted by atomic mass is 10.3. The quantitative estimate of drug-likeness (QED) is 0.320. The molecule has 0 unspecified atom stereocenters. The molecule has 1 aromatic carbocycles. The maximum Gasteiger partial charge on any atom is 0.354 e. The van der Waals surface area contributed by atoms with Crippen molar-refractivity contribution in [2.45, 2.75) is 4.34 Å². The highest BCUT2D eigenvalue weighted by molar-refractivity contribution is 7.91. The zero-order chi connectivity index (χ0) is 21.0. The number of hydroxylamine groups is 1. The largest absolute Gasteiger partial charge is 0.491 e. The number of hydrogen-bond acceptors (Lipinski definition) is 9. The molecule has 0 aliphatic rings. The molecule has 3 rings (SSSR count). The first-order chi connectivity index (χ1) is 13.7. The number of primary sulfonamides is 1. The number of aromatic carboxylic acids is 1. The minimum atomic E-state index is -3.87. The first-order valence-electron chi connectivity index (χ1n) is 7.93. The molecule has 0 aliphatic heterocycles. The summed E-state index contributed by atoms with van der Waals surface area (Å²) in [6.07, 6.45) is 0. The molecule has 14 heteroatoms. The molecular formula is C16H15ClN4O7S2. The number of carbonyl (C=O) groups is 2. The number of rotatable bonds is 8. The van der Waals surface area contributed by atoms with E-state index < -0.39 is 21.9 Å². The van der Waals surface area contributed by atoms with Crippen LogP contribution in [0.1, 0.15) is 21.0 Å². The number of hydrogen-bond donors (Lipinski definition) is 3. The van der Waals surface area contributed by atoms with Gasteiger partial charge in [-0.2, -0.15) is 0 Å². The fourth-order valence-corrected chi connectivity index (χ4v) is 3.83. The van der Waals surface area contributed by atoms with Gasteiger partial charge in [-0.1, -0.05) is 6.07 Å². The fourth-order valence-electron chi connectivity index (χ4n) is 2.15. The molecule has 160 valence electrons. The maximum absolute atomic E-state index is 11.9. The first kappa shape index (κ1) is 23.4. The molecule has 0 atom stereocenters. The second-order valence-corrected chi connectivity index (χ2v) is 8.26. The predicted octanol–water partition coefficient (Wildman–Crippen LogP) is 1.20. The molecule has 11 nitrogen and oxygen atoms in total. The van der Waals surface area contributed by atoms with Gasteiger partial charge in [0, 0.05) is 0 Å². The Labute approximate surface area is 180 Å². The zero-order valence-corrected chi connectivity index (χ0v) is 17.4. The standard InChI is InChI=1S/C16H14N4O7S2.ClH/c17-29(24,25)16-19-10-5-4-9(8-13(10)28-16)26-6-7-27-20-14(21)11-2-1-3-12(18-11)15(22)23;/h1-5,8H,6-7H2,(H,20,21)(H,22,23)(H2,17,24,25);1H. The van der Waals surface area contributed by atoms with Crippen molar-refractivity contribution in [3.63, 3.8) is 0 Å². The van der Waals surface area contributed by atoms with E-state index in [0.717, 1.165) is 11.3 Å². The van der Waals surface area contributed by atoms with Gasteiger partial charge in [-0.3, -0.25) is 9.63 Å². The van der Waals surface area contributed by atoms with Gasteiger partial charge in [-0.05, 0) is 30.3 Å². The normalized spacial score (nSPS) is 11.0. The van der Waals surface area contributed by atoms with Crippen LogP contribution in [0.5, 0.6) is 5.75 Å². The van der Waals surface area contributed by atoms with Crippen LogP contribution < -0.4 is 15.4 Å². The summed E-state index contributed by atoms with van der Waals surface area (Å²) in [6.45, 7) is 0.0722. The number of nitrogens with two attached hydrogens (primary N) is 1. The number of aromatic nitrogens is 2. The number of nitrogens with zero attached hydrogens (tertiary/aromatic N) is 2. The average molecular weight is 475 g/mol. The molecule has 0 saturated heterocycles. The van der Waals surface area contributed by atoms with Crippen molar-refractivity contribution in [2.75, 3.05) is 13.2 Å². The van der Waals surface area contributed by atoms with E-state index in [1.165, 1.54) is 18.2 Å². The van der Waals surface area contributed by atoms with Gasteiger partial charge in [-0.15, -0.1) is 23.7 Å². The number of benzene rings is 1. The van der Waals surface area contributed by atoms with E-state index in [0.29, 0.717) is 16.0 Å². The molecule has 0 aliphatic carbocycles. The summed E-state index contributed by atoms with van der Waals surface area (Å²) in [5, 5.41) is 13.9. The van der Waals surface area contributed by atoms with Crippen molar-refractivity contribution in [3.8, 4) is 5.75 Å². The Kier molecular flexibility index (Phi) is 7.64. The first-order valence-corrected chi connectivity index (χ1v) is 10.3. The number of amides is 1. The number of halogens is 1. The van der Waals surface area contributed by atoms with Crippen LogP contribution in [-0.2, 0) is 14.9 Å². The van der Waals surface area contributed by atoms with Crippen LogP contribution in [0.3, 0.4) is 0 Å². The molecule has 0 bridgehead atoms. The van der Waals surface area contributed by atoms with Crippen molar-refractivity contribution in [1.29, 1.82) is 0 Å². The summed E-state index contributed by atoms with van der Waals surface area (Å²) in [4.78, 5) is 35.4. The predicted molar refractivity (Wildman–Crippen MR) is 108 cm³/mol. The number of fused-ring (bicyclic) bond motifs is 1. The Morgan fingerprint density at radius 2 is 1.87 bits per heavy atom. The maximum atomic E-state index is 11.9. The Morgan fingerprint density at radius 3 is 2.57 bits per heavy atom. The Morgan fingerprint density at radius 1 is 1.13 bits per heavy atom. The molecular weight excluding hydrogens is 460 g/mol. The number of thiazole rings is 1. The van der Waals surface area contributed by atoms with Crippen LogP contribution in [0, 0.1) is 0 Å². The van der Waals surface area contributed by atoms with Gasteiger partial charge in [0.2, 0.25) is 4.34 Å². The van der Waals surface area contributed by atoms with Gasteiger partial charge in [0.05, 0.1) is 10.2 Å². The highest BCUT2D eigenvalue weighted by Gasteiger charge is 2.15. The number of pyridine rings is 1. The van der Waals surface area contributed by atoms with E-state index >= 15 is 0 Å². The van der Waals surface area contributed by atoms with Crippen molar-refractivity contribution in [3.05, 3.63) is 47.8 Å². The molecule has 0 saturated carbocycles. The van der Waals surface area contributed by atoms with E-state index in [-0.39, 0.29) is 41.3 Å². The summed E-state index contributed by atoms with van der Waals surface area (Å²) in [5.41, 5.74) is 2.25. The summed E-state index contributed by atoms with van der Waals surface area (Å²) >= 11 is 0.926. The van der Waals surface area contributed by atoms with Gasteiger partial charge < -0.3 is 9.84 Å². The van der Waals surface area contributed by atoms with Crippen molar-refractivity contribution in [2.24, 2.45) is 5.14 Å². The van der Waals surface area contributed by atoms with Gasteiger partial charge >= 0.3 is 5.97 Å². The molecule has 0 fully saturated rings. The van der Waals surface area contributed by atoms with E-state index in [9.17, 15) is 18.0 Å². The SMILES string of the molecule is Cl.NS(=O)(=O)c1nc2ccc(OCCONC(=O)c3cccc(C(=O)O)n3)cc2s1. The number of sulfonamides is 1. The minimum Gasteiger partial charge on any atom is -0.491 e. The van der Waals surface area contributed by atoms with E-state index in [1.807, 2.05) is 0 Å². The minimum absolute atomic E-state index is 0. The Balaban J connectivity index is 0.00000320. The number of carbonyl (C=O) groups excluding carboxylic acids is 1. The molecule has 1 amide bonds. The van der Waals surface area contributed by atoms with Crippen LogP contribution in [0.4, 0.5) is 0 Å². The molecule has 4 N–H and O–H groups in total. The van der Waals surface area contributed by atoms with E-state index in [4.69, 9.17) is 19.8 Å². The lowest BCUT2D eigenvalue weighted by Crippen LogP contribution is -2.27. The zero-order valence-electron chi connectivity index (χ0n) is 15.0. The lowest BCUT2D eigenvalue weighted by molar-refractivity contribution is 0.0196. The smallest absolute Gasteiger partial charge is 0.354 e. The highest BCUT2D eigenvalue weighted by Crippen LogP contribution is 2.28. The molecule has 0 radical (unpaired) electrons. The number of nitrogens with one attached hydrogen (secondary N) is 1. The third-order valence-electron chi connectivity index (χ3n) is 3.40. The summed E-state index contributed by atoms with van der Waals surface area (Å²) in [7, 11) is -3.87. The molecule has 2 heterocycles. The number of ether oxygens (including phenoxy) is 1. The van der Waals surface area contributed by atoms with Crippen molar-refractivity contribution < 1.29 is 32.7 Å². The molecule has 30 heavy (non-hydrogen) atoms. The Hall–Kier alpha value is -2.84. The van der Waals surface area contributed by atoms with Gasteiger partial charge in [0.1, 0.15) is 30.4 Å². The Bertz CT molecular complexity index is 1180. The van der Waals surface area contributed by atoms with Gasteiger partial charge in [0.25, 0.3) is 15.9 Å². The molecule has 3 aromatic rings. The van der Waals surface area contributed by atoms with Gasteiger partial charge in [-0.25, -0.2) is 33.8 Å². The van der Waals surface area contributed by atoms with Crippen LogP contribution in [0.2, 0.25) is 0 Å². The van der Waals surface area contributed by atoms with Crippen LogP contribution >= 0.6 is 23.7 Å². The lowest BCUT2D eigenvalue weighted by Gasteiger charge is -2.08. The molecule has 0 spiro atoms. The van der Waals surface area contributed by atoms with Crippen LogP contribution in [-0.4, -0.2) is 48.6 Å². The third kappa shape index (κ3) is 5.84. The number of carboxylic acid groups (broad SMARTS) is 1. The van der Waals surface area contributed by atoms with Crippen molar-refractivity contribution >= 4 is 55.9 Å². The molecule has 2 aromatic heterocycles. The van der Waals surface area contributed by atoms with E-state index in [1.54, 1.807) is 18.2 Å². The highest BCUT2D eigenvalue weighted by atomic mass is 35.5. The second kappa shape index (κ2) is 9.77. The average Bonchev–Trinajstić information content (AvgIpc) is 3.11. The second-order valence-electron chi connectivity index (χ2n) is 5.50. The monoisotopic (exact) mass is 474 g/mol. The third-order valence-corrected chi connectivity index (χ3v) is 5.74. The van der Waals surface area contributed by atoms with Crippen LogP contribution in [0.15, 0.2) is 40.7 Å². The van der Waals surface area contributed by atoms with Crippen LogP contribution in [0.25, 0.3) is 10.2 Å². The van der Waals surface area contributed by atoms with Gasteiger partial charge in [0.15, 0.2) is 0 Å². The van der Waals surface area contributed by atoms with Crippen molar-refractivity contribution in [1.82, 2.24) is 15.4 Å². The summed E-state index contributed by atoms with van der Waals surface area (Å²) in [5.74, 6) is -1.49.